The molecule has 1 saturated carbocycles. The maximum atomic E-state index is 12.8. The molecule has 1 heterocycles. The first-order chi connectivity index (χ1) is 14.7. The van der Waals surface area contributed by atoms with E-state index in [1.807, 2.05) is 19.1 Å². The zero-order valence-electron chi connectivity index (χ0n) is 18.9. The first kappa shape index (κ1) is 22.9. The van der Waals surface area contributed by atoms with Crippen LogP contribution < -0.4 is 20.1 Å². The Morgan fingerprint density at radius 2 is 1.80 bits per heavy atom. The molecule has 30 heavy (non-hydrogen) atoms. The average molecular weight is 418 g/mol. The normalized spacial score (nSPS) is 23.6. The number of para-hydroxylation sites is 1. The van der Waals surface area contributed by atoms with Gasteiger partial charge in [-0.1, -0.05) is 44.2 Å². The first-order valence-electron chi connectivity index (χ1n) is 11.6. The second-order valence-corrected chi connectivity index (χ2v) is 8.63. The topological polar surface area (TPSA) is 62.8 Å². The van der Waals surface area contributed by atoms with Gasteiger partial charge in [0.1, 0.15) is 0 Å². The van der Waals surface area contributed by atoms with Crippen LogP contribution in [0.25, 0.3) is 0 Å². The molecule has 0 unspecified atom stereocenters. The highest BCUT2D eigenvalue weighted by Gasteiger charge is 2.37. The molecular weight excluding hydrogens is 378 g/mol. The molecule has 2 N–H and O–H groups in total. The van der Waals surface area contributed by atoms with Crippen LogP contribution in [-0.4, -0.2) is 56.2 Å². The molecule has 0 bridgehead atoms. The van der Waals surface area contributed by atoms with Crippen molar-refractivity contribution >= 4 is 5.91 Å². The zero-order chi connectivity index (χ0) is 21.3. The van der Waals surface area contributed by atoms with Gasteiger partial charge in [0.05, 0.1) is 20.3 Å². The number of amides is 1. The minimum absolute atomic E-state index is 0.119. The fourth-order valence-corrected chi connectivity index (χ4v) is 5.02. The number of ether oxygens (including phenoxy) is 2. The lowest BCUT2D eigenvalue weighted by atomic mass is 9.96. The second-order valence-electron chi connectivity index (χ2n) is 8.63. The molecule has 1 amide bonds. The lowest BCUT2D eigenvalue weighted by molar-refractivity contribution is -0.125. The first-order valence-corrected chi connectivity index (χ1v) is 11.6. The van der Waals surface area contributed by atoms with Gasteiger partial charge in [0.25, 0.3) is 0 Å². The molecule has 0 radical (unpaired) electrons. The highest BCUT2D eigenvalue weighted by atomic mass is 16.5. The van der Waals surface area contributed by atoms with Crippen LogP contribution >= 0.6 is 0 Å². The lowest BCUT2D eigenvalue weighted by Crippen LogP contribution is -2.42. The van der Waals surface area contributed by atoms with Crippen LogP contribution in [-0.2, 0) is 11.3 Å². The molecule has 2 aliphatic rings. The summed E-state index contributed by atoms with van der Waals surface area (Å²) in [5, 5.41) is 6.93. The van der Waals surface area contributed by atoms with Crippen molar-refractivity contribution in [3.8, 4) is 11.5 Å². The molecule has 168 valence electrons. The molecule has 2 atom stereocenters. The Kier molecular flexibility index (Phi) is 8.82. The summed E-state index contributed by atoms with van der Waals surface area (Å²) in [7, 11) is 3.33. The summed E-state index contributed by atoms with van der Waals surface area (Å²) in [5.41, 5.74) is 1.05. The summed E-state index contributed by atoms with van der Waals surface area (Å²) in [5.74, 6) is 1.61. The SMILES string of the molecule is CCNC(=O)[C@@H]1C[C@@H](NC2CCCCCCC2)CN1Cc1cccc(OC)c1OC. The van der Waals surface area contributed by atoms with Crippen LogP contribution in [0.15, 0.2) is 18.2 Å². The Balaban J connectivity index is 1.71. The van der Waals surface area contributed by atoms with Crippen LogP contribution in [0.3, 0.4) is 0 Å². The van der Waals surface area contributed by atoms with Crippen LogP contribution in [0.5, 0.6) is 11.5 Å². The molecule has 1 aromatic carbocycles. The minimum Gasteiger partial charge on any atom is -0.493 e. The number of likely N-dealkylation sites (tertiary alicyclic amines) is 1. The minimum atomic E-state index is -0.119. The fraction of sp³-hybridized carbons (Fsp3) is 0.708. The van der Waals surface area contributed by atoms with Crippen LogP contribution in [0, 0.1) is 0 Å². The Labute approximate surface area is 181 Å². The van der Waals surface area contributed by atoms with Crippen LogP contribution in [0.1, 0.15) is 63.9 Å². The lowest BCUT2D eigenvalue weighted by Gasteiger charge is -2.26. The summed E-state index contributed by atoms with van der Waals surface area (Å²) >= 11 is 0. The molecule has 0 aromatic heterocycles. The van der Waals surface area contributed by atoms with E-state index in [0.717, 1.165) is 30.0 Å². The molecule has 6 nitrogen and oxygen atoms in total. The fourth-order valence-electron chi connectivity index (χ4n) is 5.02. The number of hydrogen-bond acceptors (Lipinski definition) is 5. The Morgan fingerprint density at radius 3 is 2.47 bits per heavy atom. The quantitative estimate of drug-likeness (QED) is 0.678. The molecule has 1 aromatic rings. The summed E-state index contributed by atoms with van der Waals surface area (Å²) < 4.78 is 11.1. The second kappa shape index (κ2) is 11.6. The number of nitrogens with zero attached hydrogens (tertiary/aromatic N) is 1. The number of likely N-dealkylation sites (N-methyl/N-ethyl adjacent to an activating group) is 1. The van der Waals surface area contributed by atoms with Gasteiger partial charge in [-0.3, -0.25) is 9.69 Å². The average Bonchev–Trinajstić information content (AvgIpc) is 3.12. The van der Waals surface area contributed by atoms with E-state index in [9.17, 15) is 4.79 Å². The van der Waals surface area contributed by atoms with E-state index in [1.54, 1.807) is 14.2 Å². The molecule has 3 rings (SSSR count). The van der Waals surface area contributed by atoms with E-state index >= 15 is 0 Å². The predicted molar refractivity (Wildman–Crippen MR) is 120 cm³/mol. The van der Waals surface area contributed by atoms with Gasteiger partial charge in [0, 0.05) is 37.3 Å². The van der Waals surface area contributed by atoms with E-state index in [4.69, 9.17) is 9.47 Å². The summed E-state index contributed by atoms with van der Waals surface area (Å²) in [4.78, 5) is 15.1. The van der Waals surface area contributed by atoms with Gasteiger partial charge >= 0.3 is 0 Å². The summed E-state index contributed by atoms with van der Waals surface area (Å²) in [6.45, 7) is 4.18. The van der Waals surface area contributed by atoms with Crippen molar-refractivity contribution in [2.75, 3.05) is 27.3 Å². The van der Waals surface area contributed by atoms with Crippen molar-refractivity contribution in [1.82, 2.24) is 15.5 Å². The van der Waals surface area contributed by atoms with Crippen molar-refractivity contribution in [1.29, 1.82) is 0 Å². The molecular formula is C24H39N3O3. The van der Waals surface area contributed by atoms with Gasteiger partial charge in [-0.25, -0.2) is 0 Å². The number of carbonyl (C=O) groups excluding carboxylic acids is 1. The summed E-state index contributed by atoms with van der Waals surface area (Å²) in [6, 6.07) is 6.76. The van der Waals surface area contributed by atoms with Gasteiger partial charge < -0.3 is 20.1 Å². The standard InChI is InChI=1S/C24H39N3O3/c1-4-25-24(28)21-15-20(26-19-12-8-6-5-7-9-13-19)17-27(21)16-18-11-10-14-22(29-2)23(18)30-3/h10-11,14,19-21,26H,4-9,12-13,15-17H2,1-3H3,(H,25,28)/t20-,21+/m1/s1. The van der Waals surface area contributed by atoms with Gasteiger partial charge in [-0.2, -0.15) is 0 Å². The third-order valence-corrected chi connectivity index (χ3v) is 6.49. The van der Waals surface area contributed by atoms with Gasteiger partial charge in [-0.15, -0.1) is 0 Å². The van der Waals surface area contributed by atoms with E-state index < -0.39 is 0 Å². The van der Waals surface area contributed by atoms with Gasteiger partial charge in [0.2, 0.25) is 5.91 Å². The maximum Gasteiger partial charge on any atom is 0.237 e. The van der Waals surface area contributed by atoms with E-state index in [0.29, 0.717) is 25.2 Å². The maximum absolute atomic E-state index is 12.8. The molecule has 1 aliphatic carbocycles. The molecule has 1 saturated heterocycles. The molecule has 2 fully saturated rings. The smallest absolute Gasteiger partial charge is 0.237 e. The van der Waals surface area contributed by atoms with Gasteiger partial charge in [-0.05, 0) is 32.3 Å². The Bertz CT molecular complexity index is 674. The van der Waals surface area contributed by atoms with Crippen molar-refractivity contribution < 1.29 is 14.3 Å². The Hall–Kier alpha value is -1.79. The predicted octanol–water partition coefficient (Wildman–Crippen LogP) is 3.49. The van der Waals surface area contributed by atoms with Crippen molar-refractivity contribution in [3.63, 3.8) is 0 Å². The molecule has 1 aliphatic heterocycles. The number of nitrogens with one attached hydrogen (secondary N) is 2. The van der Waals surface area contributed by atoms with Crippen LogP contribution in [0.2, 0.25) is 0 Å². The monoisotopic (exact) mass is 417 g/mol. The number of benzene rings is 1. The molecule has 0 spiro atoms. The van der Waals surface area contributed by atoms with E-state index in [-0.39, 0.29) is 11.9 Å². The number of carbonyl (C=O) groups is 1. The van der Waals surface area contributed by atoms with E-state index in [1.165, 1.54) is 44.9 Å². The third kappa shape index (κ3) is 5.88. The zero-order valence-corrected chi connectivity index (χ0v) is 18.9. The Morgan fingerprint density at radius 1 is 1.07 bits per heavy atom. The highest BCUT2D eigenvalue weighted by Crippen LogP contribution is 2.33. The largest absolute Gasteiger partial charge is 0.493 e. The molecule has 6 heteroatoms. The summed E-state index contributed by atoms with van der Waals surface area (Å²) in [6.07, 6.45) is 10.1. The van der Waals surface area contributed by atoms with Gasteiger partial charge in [0.15, 0.2) is 11.5 Å². The third-order valence-electron chi connectivity index (χ3n) is 6.49. The van der Waals surface area contributed by atoms with Crippen molar-refractivity contribution in [2.24, 2.45) is 0 Å². The number of hydrogen-bond donors (Lipinski definition) is 2. The van der Waals surface area contributed by atoms with Crippen LogP contribution in [0.4, 0.5) is 0 Å². The number of methoxy groups -OCH3 is 2. The number of rotatable bonds is 8. The highest BCUT2D eigenvalue weighted by molar-refractivity contribution is 5.82. The van der Waals surface area contributed by atoms with Crippen molar-refractivity contribution in [3.05, 3.63) is 23.8 Å². The van der Waals surface area contributed by atoms with Crippen molar-refractivity contribution in [2.45, 2.75) is 83.0 Å². The van der Waals surface area contributed by atoms with E-state index in [2.05, 4.69) is 21.6 Å².